The van der Waals surface area contributed by atoms with Crippen LogP contribution in [0, 0.1) is 0 Å². The highest BCUT2D eigenvalue weighted by atomic mass is 16.5. The quantitative estimate of drug-likeness (QED) is 0.150. The highest BCUT2D eigenvalue weighted by molar-refractivity contribution is 5.99. The molecule has 4 aromatic rings. The van der Waals surface area contributed by atoms with E-state index < -0.39 is 0 Å². The number of hydrogen-bond donors (Lipinski definition) is 0. The lowest BCUT2D eigenvalue weighted by atomic mass is 9.96. The Kier molecular flexibility index (Phi) is 7.29. The second-order valence-corrected chi connectivity index (χ2v) is 7.67. The van der Waals surface area contributed by atoms with E-state index in [0.717, 1.165) is 0 Å². The smallest absolute Gasteiger partial charge is 0.0727 e. The van der Waals surface area contributed by atoms with Gasteiger partial charge in [-0.15, -0.1) is 13.2 Å². The third kappa shape index (κ3) is 4.88. The molecule has 0 atom stereocenters. The van der Waals surface area contributed by atoms with Gasteiger partial charge in [0.1, 0.15) is 0 Å². The van der Waals surface area contributed by atoms with E-state index >= 15 is 0 Å². The van der Waals surface area contributed by atoms with Crippen LogP contribution >= 0.6 is 0 Å². The van der Waals surface area contributed by atoms with Crippen molar-refractivity contribution in [2.24, 2.45) is 0 Å². The van der Waals surface area contributed by atoms with Crippen molar-refractivity contribution in [2.75, 3.05) is 13.2 Å². The molecular formula is C30H28O2. The van der Waals surface area contributed by atoms with Gasteiger partial charge in [-0.3, -0.25) is 0 Å². The first-order valence-corrected chi connectivity index (χ1v) is 10.9. The van der Waals surface area contributed by atoms with Gasteiger partial charge >= 0.3 is 0 Å². The van der Waals surface area contributed by atoms with Gasteiger partial charge in [0.15, 0.2) is 0 Å². The second-order valence-electron chi connectivity index (χ2n) is 7.67. The van der Waals surface area contributed by atoms with Crippen molar-refractivity contribution in [1.29, 1.82) is 0 Å². The molecule has 4 aromatic carbocycles. The molecule has 0 saturated heterocycles. The average Bonchev–Trinajstić information content (AvgIpc) is 2.83. The van der Waals surface area contributed by atoms with Gasteiger partial charge in [-0.2, -0.15) is 0 Å². The Balaban J connectivity index is 1.75. The Morgan fingerprint density at radius 3 is 1.38 bits per heavy atom. The Bertz CT molecular complexity index is 1160. The normalized spacial score (nSPS) is 11.4. The average molecular weight is 421 g/mol. The molecule has 0 saturated carbocycles. The van der Waals surface area contributed by atoms with Crippen molar-refractivity contribution in [2.45, 2.75) is 13.2 Å². The molecule has 0 aliphatic rings. The first kappa shape index (κ1) is 21.8. The fraction of sp³-hybridized carbons (Fsp3) is 0.133. The third-order valence-electron chi connectivity index (χ3n) is 5.48. The molecule has 0 spiro atoms. The van der Waals surface area contributed by atoms with Crippen LogP contribution in [0.15, 0.2) is 98.1 Å². The lowest BCUT2D eigenvalue weighted by molar-refractivity contribution is 0.150. The predicted octanol–water partition coefficient (Wildman–Crippen LogP) is 7.57. The highest BCUT2D eigenvalue weighted by Crippen LogP contribution is 2.28. The van der Waals surface area contributed by atoms with E-state index in [9.17, 15) is 0 Å². The summed E-state index contributed by atoms with van der Waals surface area (Å²) in [5, 5.41) is 4.88. The number of benzene rings is 4. The van der Waals surface area contributed by atoms with E-state index in [1.165, 1.54) is 43.8 Å². The number of rotatable bonds is 10. The van der Waals surface area contributed by atoms with Gasteiger partial charge < -0.3 is 9.47 Å². The summed E-state index contributed by atoms with van der Waals surface area (Å²) in [5.41, 5.74) is 4.72. The van der Waals surface area contributed by atoms with E-state index in [-0.39, 0.29) is 0 Å². The summed E-state index contributed by atoms with van der Waals surface area (Å²) >= 11 is 0. The summed E-state index contributed by atoms with van der Waals surface area (Å²) in [7, 11) is 0. The SMILES string of the molecule is C=CCOCc1cccc2cccc(/C=C/c3cccc4cccc(COCC=C)c34)c12. The number of hydrogen-bond acceptors (Lipinski definition) is 2. The molecule has 0 radical (unpaired) electrons. The fourth-order valence-electron chi connectivity index (χ4n) is 4.10. The molecule has 0 fully saturated rings. The lowest BCUT2D eigenvalue weighted by Gasteiger charge is -2.11. The van der Waals surface area contributed by atoms with Gasteiger partial charge in [0.05, 0.1) is 26.4 Å². The third-order valence-corrected chi connectivity index (χ3v) is 5.48. The van der Waals surface area contributed by atoms with Crippen LogP contribution in [0.2, 0.25) is 0 Å². The maximum absolute atomic E-state index is 5.75. The summed E-state index contributed by atoms with van der Waals surface area (Å²) in [6.45, 7) is 9.69. The first-order chi connectivity index (χ1) is 15.8. The van der Waals surface area contributed by atoms with Crippen molar-refractivity contribution in [3.05, 3.63) is 120 Å². The van der Waals surface area contributed by atoms with E-state index in [1.54, 1.807) is 12.2 Å². The van der Waals surface area contributed by atoms with E-state index in [1.807, 2.05) is 0 Å². The summed E-state index contributed by atoms with van der Waals surface area (Å²) in [5.74, 6) is 0. The molecule has 2 heteroatoms. The van der Waals surface area contributed by atoms with Crippen LogP contribution in [0.3, 0.4) is 0 Å². The van der Waals surface area contributed by atoms with Gasteiger partial charge in [-0.05, 0) is 43.8 Å². The molecule has 0 N–H and O–H groups in total. The van der Waals surface area contributed by atoms with Crippen molar-refractivity contribution in [3.8, 4) is 0 Å². The standard InChI is InChI=1S/C30H28O2/c1-3-19-31-21-27-15-7-11-23-9-5-13-25(29(23)27)17-18-26-14-6-10-24-12-8-16-28(30(24)26)22-32-20-4-2/h3-18H,1-2,19-22H2/b18-17+. The molecule has 0 aromatic heterocycles. The van der Waals surface area contributed by atoms with Gasteiger partial charge in [-0.1, -0.05) is 97.1 Å². The predicted molar refractivity (Wildman–Crippen MR) is 137 cm³/mol. The van der Waals surface area contributed by atoms with Crippen LogP contribution < -0.4 is 0 Å². The Labute approximate surface area is 190 Å². The largest absolute Gasteiger partial charge is 0.373 e. The lowest BCUT2D eigenvalue weighted by Crippen LogP contribution is -1.95. The number of ether oxygens (including phenoxy) is 2. The van der Waals surface area contributed by atoms with Crippen molar-refractivity contribution >= 4 is 33.7 Å². The molecule has 0 amide bonds. The van der Waals surface area contributed by atoms with Crippen LogP contribution in [0.25, 0.3) is 33.7 Å². The maximum atomic E-state index is 5.75. The highest BCUT2D eigenvalue weighted by Gasteiger charge is 2.07. The molecule has 0 heterocycles. The summed E-state index contributed by atoms with van der Waals surface area (Å²) in [6.07, 6.45) is 7.97. The van der Waals surface area contributed by atoms with Gasteiger partial charge in [-0.25, -0.2) is 0 Å². The maximum Gasteiger partial charge on any atom is 0.0727 e. The van der Waals surface area contributed by atoms with Gasteiger partial charge in [0, 0.05) is 0 Å². The second kappa shape index (κ2) is 10.7. The summed E-state index contributed by atoms with van der Waals surface area (Å²) in [6, 6.07) is 25.6. The zero-order valence-electron chi connectivity index (χ0n) is 18.3. The van der Waals surface area contributed by atoms with Crippen LogP contribution in [-0.2, 0) is 22.7 Å². The molecule has 2 nitrogen and oxygen atoms in total. The van der Waals surface area contributed by atoms with Gasteiger partial charge in [0.2, 0.25) is 0 Å². The minimum Gasteiger partial charge on any atom is -0.373 e. The molecule has 160 valence electrons. The van der Waals surface area contributed by atoms with E-state index in [4.69, 9.17) is 9.47 Å². The molecule has 0 aliphatic heterocycles. The van der Waals surface area contributed by atoms with Crippen LogP contribution in [0.5, 0.6) is 0 Å². The van der Waals surface area contributed by atoms with Gasteiger partial charge in [0.25, 0.3) is 0 Å². The van der Waals surface area contributed by atoms with Crippen molar-refractivity contribution in [3.63, 3.8) is 0 Å². The van der Waals surface area contributed by atoms with Crippen LogP contribution in [0.1, 0.15) is 22.3 Å². The van der Waals surface area contributed by atoms with Crippen LogP contribution in [0.4, 0.5) is 0 Å². The van der Waals surface area contributed by atoms with Crippen molar-refractivity contribution in [1.82, 2.24) is 0 Å². The monoisotopic (exact) mass is 420 g/mol. The summed E-state index contributed by atoms with van der Waals surface area (Å²) < 4.78 is 11.5. The zero-order valence-corrected chi connectivity index (χ0v) is 18.3. The molecular weight excluding hydrogens is 392 g/mol. The minimum atomic E-state index is 0.543. The number of fused-ring (bicyclic) bond motifs is 2. The Morgan fingerprint density at radius 1 is 0.562 bits per heavy atom. The molecule has 0 bridgehead atoms. The molecule has 4 rings (SSSR count). The van der Waals surface area contributed by atoms with Crippen molar-refractivity contribution < 1.29 is 9.47 Å². The fourth-order valence-corrected chi connectivity index (χ4v) is 4.10. The van der Waals surface area contributed by atoms with E-state index in [0.29, 0.717) is 26.4 Å². The minimum absolute atomic E-state index is 0.543. The molecule has 0 aliphatic carbocycles. The van der Waals surface area contributed by atoms with E-state index in [2.05, 4.69) is 98.1 Å². The Hall–Kier alpha value is -3.46. The summed E-state index contributed by atoms with van der Waals surface area (Å²) in [4.78, 5) is 0. The van der Waals surface area contributed by atoms with Crippen LogP contribution in [-0.4, -0.2) is 13.2 Å². The molecule has 32 heavy (non-hydrogen) atoms. The first-order valence-electron chi connectivity index (χ1n) is 10.9. The topological polar surface area (TPSA) is 18.5 Å². The zero-order chi connectivity index (χ0) is 22.2. The molecule has 0 unspecified atom stereocenters. The Morgan fingerprint density at radius 2 is 0.969 bits per heavy atom.